The molecule has 0 saturated carbocycles. The van der Waals surface area contributed by atoms with Crippen LogP contribution in [0.1, 0.15) is 5.56 Å². The van der Waals surface area contributed by atoms with E-state index in [1.54, 1.807) is 30.3 Å². The number of carbonyl (C=O) groups is 1. The summed E-state index contributed by atoms with van der Waals surface area (Å²) in [5, 5.41) is 2.40. The zero-order valence-electron chi connectivity index (χ0n) is 21.4. The molecule has 4 rings (SSSR count). The molecule has 2 aromatic heterocycles. The van der Waals surface area contributed by atoms with Crippen LogP contribution in [-0.2, 0) is 17.6 Å². The third kappa shape index (κ3) is 7.59. The fraction of sp³-hybridized carbons (Fsp3) is 0.259. The van der Waals surface area contributed by atoms with Crippen molar-refractivity contribution in [3.8, 4) is 17.2 Å². The first-order chi connectivity index (χ1) is 18.4. The lowest BCUT2D eigenvalue weighted by Crippen LogP contribution is -2.16. The van der Waals surface area contributed by atoms with Crippen molar-refractivity contribution in [2.24, 2.45) is 0 Å². The van der Waals surface area contributed by atoms with Crippen LogP contribution in [0.15, 0.2) is 67.0 Å². The zero-order chi connectivity index (χ0) is 28.2. The van der Waals surface area contributed by atoms with Crippen molar-refractivity contribution in [3.63, 3.8) is 0 Å². The van der Waals surface area contributed by atoms with Crippen molar-refractivity contribution in [1.29, 1.82) is 0 Å². The summed E-state index contributed by atoms with van der Waals surface area (Å²) in [6.45, 7) is 0.337. The van der Waals surface area contributed by atoms with E-state index >= 15 is 0 Å². The molecule has 0 fully saturated rings. The highest BCUT2D eigenvalue weighted by Gasteiger charge is 2.36. The van der Waals surface area contributed by atoms with E-state index in [1.165, 1.54) is 35.0 Å². The van der Waals surface area contributed by atoms with Crippen LogP contribution >= 0.6 is 21.6 Å². The molecular weight excluding hydrogens is 555 g/mol. The van der Waals surface area contributed by atoms with Crippen LogP contribution < -0.4 is 14.8 Å². The summed E-state index contributed by atoms with van der Waals surface area (Å²) in [6, 6.07) is 14.2. The molecule has 0 radical (unpaired) electrons. The van der Waals surface area contributed by atoms with Crippen LogP contribution in [0.3, 0.4) is 0 Å². The molecule has 0 unspecified atom stereocenters. The number of pyridine rings is 1. The Morgan fingerprint density at radius 1 is 1.08 bits per heavy atom. The van der Waals surface area contributed by atoms with E-state index in [0.717, 1.165) is 11.9 Å². The molecule has 0 aliphatic rings. The van der Waals surface area contributed by atoms with Crippen molar-refractivity contribution in [1.82, 2.24) is 9.55 Å². The average Bonchev–Trinajstić information content (AvgIpc) is 3.24. The van der Waals surface area contributed by atoms with Gasteiger partial charge in [-0.3, -0.25) is 5.32 Å². The molecule has 12 heteroatoms. The van der Waals surface area contributed by atoms with Gasteiger partial charge in [-0.1, -0.05) is 29.8 Å². The first-order valence-electron chi connectivity index (χ1n) is 11.7. The summed E-state index contributed by atoms with van der Waals surface area (Å²) >= 11 is 6.35. The van der Waals surface area contributed by atoms with Crippen molar-refractivity contribution in [3.05, 3.63) is 77.6 Å². The Hall–Kier alpha value is -3.41. The number of nitrogens with one attached hydrogen (secondary N) is 1. The second-order valence-corrected chi connectivity index (χ2v) is 14.4. The number of rotatable bonds is 9. The highest BCUT2D eigenvalue weighted by atomic mass is 35.5. The van der Waals surface area contributed by atoms with Gasteiger partial charge in [-0.25, -0.2) is 19.8 Å². The predicted molar refractivity (Wildman–Crippen MR) is 149 cm³/mol. The minimum Gasteiger partial charge on any atom is -0.455 e. The molecular formula is C27H27ClF3N3O4S. The highest BCUT2D eigenvalue weighted by Crippen LogP contribution is 2.42. The first-order valence-corrected chi connectivity index (χ1v) is 15.1. The molecule has 7 nitrogen and oxygen atoms in total. The molecule has 1 amide bonds. The molecule has 0 spiro atoms. The van der Waals surface area contributed by atoms with Gasteiger partial charge in [-0.05, 0) is 55.2 Å². The maximum atomic E-state index is 14.0. The minimum atomic E-state index is -4.66. The van der Waals surface area contributed by atoms with Crippen molar-refractivity contribution in [2.75, 3.05) is 36.4 Å². The largest absolute Gasteiger partial charge is 0.455 e. The second-order valence-electron chi connectivity index (χ2n) is 9.43. The van der Waals surface area contributed by atoms with Gasteiger partial charge >= 0.3 is 12.3 Å². The molecule has 4 aromatic rings. The lowest BCUT2D eigenvalue weighted by molar-refractivity contribution is -0.136. The van der Waals surface area contributed by atoms with Crippen molar-refractivity contribution in [2.45, 2.75) is 12.9 Å². The Morgan fingerprint density at radius 2 is 1.82 bits per heavy atom. The van der Waals surface area contributed by atoms with Gasteiger partial charge < -0.3 is 18.8 Å². The summed E-state index contributed by atoms with van der Waals surface area (Å²) in [7, 11) is -0.801. The number of ether oxygens (including phenoxy) is 3. The number of amides is 1. The molecule has 208 valence electrons. The third-order valence-electron chi connectivity index (χ3n) is 5.45. The standard InChI is InChI=1S/C27H27ClF3N3O4S/c1-39(2,3)14-13-36-17-34-16-20(27(29,30)31)24-23(11-12-32-25(24)34)38-22-10-9-18(15-21(22)28)33-26(35)37-19-7-5-4-6-8-19/h4-12,15-16H,13-14,17H2,1-3H3,(H,33,35). The summed E-state index contributed by atoms with van der Waals surface area (Å²) in [4.78, 5) is 16.3. The SMILES string of the molecule is CS(C)(C)CCOCn1cc(C(F)(F)F)c2c(Oc3ccc(NC(=O)Oc4ccccc4)cc3Cl)ccnc21. The van der Waals surface area contributed by atoms with Crippen LogP contribution in [0.5, 0.6) is 17.2 Å². The quantitative estimate of drug-likeness (QED) is 0.204. The minimum absolute atomic E-state index is 0.0680. The number of benzene rings is 2. The van der Waals surface area contributed by atoms with Crippen LogP contribution in [0, 0.1) is 0 Å². The Morgan fingerprint density at radius 3 is 2.49 bits per heavy atom. The first kappa shape index (κ1) is 28.6. The van der Waals surface area contributed by atoms with Gasteiger partial charge in [0.15, 0.2) is 0 Å². The number of para-hydroxylation sites is 1. The maximum absolute atomic E-state index is 14.0. The average molecular weight is 582 g/mol. The molecule has 1 N–H and O–H groups in total. The van der Waals surface area contributed by atoms with Crippen LogP contribution in [0.25, 0.3) is 11.0 Å². The maximum Gasteiger partial charge on any atom is 0.418 e. The molecule has 0 aliphatic heterocycles. The van der Waals surface area contributed by atoms with E-state index < -0.39 is 27.9 Å². The van der Waals surface area contributed by atoms with Crippen LogP contribution in [0.4, 0.5) is 23.7 Å². The Kier molecular flexibility index (Phi) is 8.63. The summed E-state index contributed by atoms with van der Waals surface area (Å²) in [5.74, 6) is 1.21. The molecule has 2 heterocycles. The predicted octanol–water partition coefficient (Wildman–Crippen LogP) is 7.78. The smallest absolute Gasteiger partial charge is 0.418 e. The number of aromatic nitrogens is 2. The van der Waals surface area contributed by atoms with Gasteiger partial charge in [0.05, 0.1) is 22.6 Å². The van der Waals surface area contributed by atoms with Gasteiger partial charge in [0.25, 0.3) is 0 Å². The van der Waals surface area contributed by atoms with E-state index in [-0.39, 0.29) is 34.3 Å². The number of carbonyl (C=O) groups excluding carboxylic acids is 1. The number of hydrogen-bond donors (Lipinski definition) is 1. The van der Waals surface area contributed by atoms with Gasteiger partial charge in [0, 0.05) is 23.8 Å². The number of nitrogens with zero attached hydrogens (tertiary/aromatic N) is 2. The van der Waals surface area contributed by atoms with Crippen LogP contribution in [0.2, 0.25) is 5.02 Å². The summed E-state index contributed by atoms with van der Waals surface area (Å²) < 4.78 is 60.0. The third-order valence-corrected chi connectivity index (χ3v) is 7.13. The van der Waals surface area contributed by atoms with E-state index in [4.69, 9.17) is 25.8 Å². The lowest BCUT2D eigenvalue weighted by atomic mass is 10.2. The monoisotopic (exact) mass is 581 g/mol. The normalized spacial score (nSPS) is 12.4. The molecule has 39 heavy (non-hydrogen) atoms. The number of halogens is 4. The Bertz CT molecular complexity index is 1460. The second kappa shape index (κ2) is 11.8. The number of fused-ring (bicyclic) bond motifs is 1. The highest BCUT2D eigenvalue weighted by molar-refractivity contribution is 8.32. The van der Waals surface area contributed by atoms with Crippen LogP contribution in [-0.4, -0.2) is 46.8 Å². The number of anilines is 1. The fourth-order valence-corrected chi connectivity index (χ4v) is 4.41. The molecule has 0 atom stereocenters. The number of hydrogen-bond acceptors (Lipinski definition) is 5. The molecule has 2 aromatic carbocycles. The molecule has 0 aliphatic carbocycles. The molecule has 0 bridgehead atoms. The van der Waals surface area contributed by atoms with Gasteiger partial charge in [-0.2, -0.15) is 13.2 Å². The summed E-state index contributed by atoms with van der Waals surface area (Å²) in [6.07, 6.45) is 3.36. The van der Waals surface area contributed by atoms with Gasteiger partial charge in [-0.15, -0.1) is 0 Å². The Labute approximate surface area is 230 Å². The number of alkyl halides is 3. The van der Waals surface area contributed by atoms with Gasteiger partial charge in [0.1, 0.15) is 29.6 Å². The molecule has 0 saturated heterocycles. The zero-order valence-corrected chi connectivity index (χ0v) is 23.0. The van der Waals surface area contributed by atoms with E-state index in [9.17, 15) is 18.0 Å². The van der Waals surface area contributed by atoms with Crippen molar-refractivity contribution < 1.29 is 32.2 Å². The lowest BCUT2D eigenvalue weighted by Gasteiger charge is -2.24. The Balaban J connectivity index is 1.55. The van der Waals surface area contributed by atoms with Gasteiger partial charge in [0.2, 0.25) is 0 Å². The van der Waals surface area contributed by atoms with E-state index in [2.05, 4.69) is 29.1 Å². The summed E-state index contributed by atoms with van der Waals surface area (Å²) in [5.41, 5.74) is -0.519. The van der Waals surface area contributed by atoms with E-state index in [1.807, 2.05) is 0 Å². The topological polar surface area (TPSA) is 74.6 Å². The van der Waals surface area contributed by atoms with Crippen molar-refractivity contribution >= 4 is 44.4 Å². The van der Waals surface area contributed by atoms with E-state index in [0.29, 0.717) is 18.0 Å². The fourth-order valence-electron chi connectivity index (χ4n) is 3.58.